The maximum Gasteiger partial charge on any atom is 0.163 e. The van der Waals surface area contributed by atoms with Crippen molar-refractivity contribution in [1.29, 1.82) is 0 Å². The van der Waals surface area contributed by atoms with Gasteiger partial charge >= 0.3 is 0 Å². The monoisotopic (exact) mass is 208 g/mol. The summed E-state index contributed by atoms with van der Waals surface area (Å²) < 4.78 is 0. The van der Waals surface area contributed by atoms with E-state index in [4.69, 9.17) is 0 Å². The maximum absolute atomic E-state index is 11.6. The Bertz CT molecular complexity index is 280. The van der Waals surface area contributed by atoms with Crippen molar-refractivity contribution in [2.45, 2.75) is 25.5 Å². The van der Waals surface area contributed by atoms with Gasteiger partial charge in [0.05, 0.1) is 0 Å². The van der Waals surface area contributed by atoms with Crippen molar-refractivity contribution in [3.05, 3.63) is 35.9 Å². The molecule has 0 bridgehead atoms. The molecule has 14 heavy (non-hydrogen) atoms. The second-order valence-corrected chi connectivity index (χ2v) is 5.14. The van der Waals surface area contributed by atoms with Gasteiger partial charge in [0, 0.05) is 17.7 Å². The predicted octanol–water partition coefficient (Wildman–Crippen LogP) is 3.40. The van der Waals surface area contributed by atoms with E-state index in [1.54, 1.807) is 0 Å². The number of rotatable bonds is 5. The topological polar surface area (TPSA) is 17.1 Å². The molecule has 1 nitrogen and oxygen atoms in total. The summed E-state index contributed by atoms with van der Waals surface area (Å²) >= 11 is 1.83. The standard InChI is InChI=1S/C12H16OS/c1-10(2)14-9-8-12(13)11-6-4-3-5-7-11/h3-7,10H,8-9H2,1-2H3. The van der Waals surface area contributed by atoms with Gasteiger partial charge in [-0.2, -0.15) is 11.8 Å². The number of carbonyl (C=O) groups excluding carboxylic acids is 1. The minimum Gasteiger partial charge on any atom is -0.294 e. The Morgan fingerprint density at radius 2 is 1.93 bits per heavy atom. The van der Waals surface area contributed by atoms with Crippen molar-refractivity contribution < 1.29 is 4.79 Å². The van der Waals surface area contributed by atoms with E-state index in [1.807, 2.05) is 42.1 Å². The fourth-order valence-electron chi connectivity index (χ4n) is 1.16. The summed E-state index contributed by atoms with van der Waals surface area (Å²) in [6.45, 7) is 4.30. The molecule has 0 radical (unpaired) electrons. The minimum absolute atomic E-state index is 0.249. The molecular weight excluding hydrogens is 192 g/mol. The van der Waals surface area contributed by atoms with Crippen LogP contribution in [0.3, 0.4) is 0 Å². The molecular formula is C12H16OS. The Hall–Kier alpha value is -0.760. The number of carbonyl (C=O) groups is 1. The van der Waals surface area contributed by atoms with Gasteiger partial charge in [0.2, 0.25) is 0 Å². The lowest BCUT2D eigenvalue weighted by Gasteiger charge is -2.03. The minimum atomic E-state index is 0.249. The van der Waals surface area contributed by atoms with Crippen LogP contribution >= 0.6 is 11.8 Å². The molecule has 0 aliphatic rings. The van der Waals surface area contributed by atoms with Gasteiger partial charge in [-0.05, 0) is 5.25 Å². The first kappa shape index (κ1) is 11.3. The van der Waals surface area contributed by atoms with Crippen LogP contribution in [-0.4, -0.2) is 16.8 Å². The van der Waals surface area contributed by atoms with E-state index in [1.165, 1.54) is 0 Å². The summed E-state index contributed by atoms with van der Waals surface area (Å²) in [5.41, 5.74) is 0.830. The van der Waals surface area contributed by atoms with E-state index in [2.05, 4.69) is 13.8 Å². The van der Waals surface area contributed by atoms with Crippen molar-refractivity contribution >= 4 is 17.5 Å². The molecule has 0 aromatic heterocycles. The van der Waals surface area contributed by atoms with Crippen LogP contribution in [0.25, 0.3) is 0 Å². The Labute approximate surface area is 89.9 Å². The molecule has 0 spiro atoms. The van der Waals surface area contributed by atoms with Crippen molar-refractivity contribution in [2.75, 3.05) is 5.75 Å². The van der Waals surface area contributed by atoms with Crippen LogP contribution < -0.4 is 0 Å². The quantitative estimate of drug-likeness (QED) is 0.690. The number of hydrogen-bond donors (Lipinski definition) is 0. The first-order chi connectivity index (χ1) is 6.70. The SMILES string of the molecule is CC(C)SCCC(=O)c1ccccc1. The fourth-order valence-corrected chi connectivity index (χ4v) is 1.93. The van der Waals surface area contributed by atoms with Crippen molar-refractivity contribution in [1.82, 2.24) is 0 Å². The van der Waals surface area contributed by atoms with Crippen molar-refractivity contribution in [3.63, 3.8) is 0 Å². The maximum atomic E-state index is 11.6. The lowest BCUT2D eigenvalue weighted by Crippen LogP contribution is -2.01. The zero-order valence-electron chi connectivity index (χ0n) is 8.69. The lowest BCUT2D eigenvalue weighted by molar-refractivity contribution is 0.0989. The van der Waals surface area contributed by atoms with Crippen molar-refractivity contribution in [3.8, 4) is 0 Å². The number of Topliss-reactive ketones (excluding diaryl/α,β-unsaturated/α-hetero) is 1. The van der Waals surface area contributed by atoms with Crippen LogP contribution in [0, 0.1) is 0 Å². The summed E-state index contributed by atoms with van der Waals surface area (Å²) in [5.74, 6) is 1.17. The molecule has 0 saturated carbocycles. The smallest absolute Gasteiger partial charge is 0.163 e. The average molecular weight is 208 g/mol. The highest BCUT2D eigenvalue weighted by atomic mass is 32.2. The van der Waals surface area contributed by atoms with Gasteiger partial charge in [0.15, 0.2) is 5.78 Å². The highest BCUT2D eigenvalue weighted by Gasteiger charge is 2.04. The summed E-state index contributed by atoms with van der Waals surface area (Å²) in [6, 6.07) is 9.50. The van der Waals surface area contributed by atoms with E-state index in [9.17, 15) is 4.79 Å². The van der Waals surface area contributed by atoms with Crippen LogP contribution in [0.5, 0.6) is 0 Å². The van der Waals surface area contributed by atoms with Gasteiger partial charge in [0.25, 0.3) is 0 Å². The van der Waals surface area contributed by atoms with Crippen LogP contribution in [-0.2, 0) is 0 Å². The van der Waals surface area contributed by atoms with E-state index in [-0.39, 0.29) is 5.78 Å². The third-order valence-electron chi connectivity index (χ3n) is 1.88. The highest BCUT2D eigenvalue weighted by molar-refractivity contribution is 7.99. The van der Waals surface area contributed by atoms with Crippen LogP contribution in [0.4, 0.5) is 0 Å². The van der Waals surface area contributed by atoms with Gasteiger partial charge in [-0.3, -0.25) is 4.79 Å². The Morgan fingerprint density at radius 1 is 1.29 bits per heavy atom. The Balaban J connectivity index is 2.36. The van der Waals surface area contributed by atoms with Gasteiger partial charge in [0.1, 0.15) is 0 Å². The zero-order valence-corrected chi connectivity index (χ0v) is 9.51. The normalized spacial score (nSPS) is 10.5. The number of ketones is 1. The molecule has 76 valence electrons. The third kappa shape index (κ3) is 3.97. The van der Waals surface area contributed by atoms with Crippen LogP contribution in [0.2, 0.25) is 0 Å². The molecule has 1 aromatic carbocycles. The summed E-state index contributed by atoms with van der Waals surface area (Å²) in [7, 11) is 0. The first-order valence-electron chi connectivity index (χ1n) is 4.90. The molecule has 0 heterocycles. The largest absolute Gasteiger partial charge is 0.294 e. The molecule has 0 aliphatic carbocycles. The van der Waals surface area contributed by atoms with Gasteiger partial charge in [-0.25, -0.2) is 0 Å². The number of hydrogen-bond acceptors (Lipinski definition) is 2. The van der Waals surface area contributed by atoms with E-state index < -0.39 is 0 Å². The number of thioether (sulfide) groups is 1. The van der Waals surface area contributed by atoms with E-state index in [0.29, 0.717) is 11.7 Å². The molecule has 0 fully saturated rings. The summed E-state index contributed by atoms with van der Waals surface area (Å²) in [6.07, 6.45) is 0.646. The van der Waals surface area contributed by atoms with Crippen molar-refractivity contribution in [2.24, 2.45) is 0 Å². The van der Waals surface area contributed by atoms with E-state index in [0.717, 1.165) is 11.3 Å². The van der Waals surface area contributed by atoms with Gasteiger partial charge in [-0.15, -0.1) is 0 Å². The Morgan fingerprint density at radius 3 is 2.50 bits per heavy atom. The molecule has 1 rings (SSSR count). The molecule has 0 atom stereocenters. The van der Waals surface area contributed by atoms with Gasteiger partial charge in [-0.1, -0.05) is 44.2 Å². The molecule has 0 saturated heterocycles. The third-order valence-corrected chi connectivity index (χ3v) is 2.98. The van der Waals surface area contributed by atoms with Gasteiger partial charge < -0.3 is 0 Å². The number of benzene rings is 1. The highest BCUT2D eigenvalue weighted by Crippen LogP contribution is 2.12. The predicted molar refractivity (Wildman–Crippen MR) is 63.0 cm³/mol. The molecule has 2 heteroatoms. The van der Waals surface area contributed by atoms with Crippen LogP contribution in [0.1, 0.15) is 30.6 Å². The molecule has 1 aromatic rings. The summed E-state index contributed by atoms with van der Waals surface area (Å²) in [5, 5.41) is 0.610. The fraction of sp³-hybridized carbons (Fsp3) is 0.417. The average Bonchev–Trinajstić information content (AvgIpc) is 2.18. The first-order valence-corrected chi connectivity index (χ1v) is 5.95. The van der Waals surface area contributed by atoms with Crippen LogP contribution in [0.15, 0.2) is 30.3 Å². The molecule has 0 amide bonds. The molecule has 0 unspecified atom stereocenters. The lowest BCUT2D eigenvalue weighted by atomic mass is 10.1. The zero-order chi connectivity index (χ0) is 10.4. The van der Waals surface area contributed by atoms with E-state index >= 15 is 0 Å². The summed E-state index contributed by atoms with van der Waals surface area (Å²) in [4.78, 5) is 11.6. The Kier molecular flexibility index (Phi) is 4.74. The molecule has 0 aliphatic heterocycles. The second-order valence-electron chi connectivity index (χ2n) is 3.46. The second kappa shape index (κ2) is 5.86. The molecule has 0 N–H and O–H groups in total.